The maximum atomic E-state index is 5.49. The number of halogens is 1. The van der Waals surface area contributed by atoms with Crippen molar-refractivity contribution in [3.05, 3.63) is 0 Å². The van der Waals surface area contributed by atoms with E-state index in [4.69, 9.17) is 4.74 Å². The largest absolute Gasteiger partial charge is 0.379 e. The van der Waals surface area contributed by atoms with Crippen molar-refractivity contribution in [3.63, 3.8) is 0 Å². The molecule has 16 heavy (non-hydrogen) atoms. The van der Waals surface area contributed by atoms with Gasteiger partial charge in [-0.25, -0.2) is 0 Å². The summed E-state index contributed by atoms with van der Waals surface area (Å²) in [6.07, 6.45) is 5.80. The zero-order chi connectivity index (χ0) is 10.5. The summed E-state index contributed by atoms with van der Waals surface area (Å²) in [6.45, 7) is 9.23. The van der Waals surface area contributed by atoms with E-state index in [1.54, 1.807) is 0 Å². The molecule has 0 aromatic carbocycles. The van der Waals surface area contributed by atoms with Crippen LogP contribution in [0.1, 0.15) is 39.5 Å². The van der Waals surface area contributed by atoms with Gasteiger partial charge in [0.1, 0.15) is 0 Å². The first-order valence-electron chi connectivity index (χ1n) is 6.50. The Kier molecular flexibility index (Phi) is 3.28. The highest BCUT2D eigenvalue weighted by Gasteiger charge is 2.61. The first-order valence-corrected chi connectivity index (χ1v) is 6.50. The van der Waals surface area contributed by atoms with E-state index in [9.17, 15) is 0 Å². The molecule has 1 heterocycles. The summed E-state index contributed by atoms with van der Waals surface area (Å²) in [5.74, 6) is 0.986. The molecule has 0 unspecified atom stereocenters. The van der Waals surface area contributed by atoms with Crippen LogP contribution in [0.3, 0.4) is 0 Å². The van der Waals surface area contributed by atoms with Gasteiger partial charge in [-0.1, -0.05) is 13.8 Å². The zero-order valence-corrected chi connectivity index (χ0v) is 11.3. The molecule has 0 radical (unpaired) electrons. The predicted octanol–water partition coefficient (Wildman–Crippen LogP) is 2.71. The van der Waals surface area contributed by atoms with Gasteiger partial charge < -0.3 is 4.74 Å². The van der Waals surface area contributed by atoms with Crippen LogP contribution >= 0.6 is 12.4 Å². The average Bonchev–Trinajstić information content (AvgIpc) is 2.68. The van der Waals surface area contributed by atoms with Crippen LogP contribution < -0.4 is 0 Å². The Morgan fingerprint density at radius 2 is 1.62 bits per heavy atom. The normalized spacial score (nSPS) is 42.0. The van der Waals surface area contributed by atoms with Gasteiger partial charge in [0.2, 0.25) is 0 Å². The Balaban J connectivity index is 0.000000963. The quantitative estimate of drug-likeness (QED) is 0.705. The molecule has 3 heteroatoms. The van der Waals surface area contributed by atoms with E-state index < -0.39 is 0 Å². The summed E-state index contributed by atoms with van der Waals surface area (Å²) in [5, 5.41) is 0. The van der Waals surface area contributed by atoms with E-state index in [0.29, 0.717) is 11.0 Å². The van der Waals surface area contributed by atoms with Gasteiger partial charge in [0.15, 0.2) is 0 Å². The van der Waals surface area contributed by atoms with Gasteiger partial charge in [-0.3, -0.25) is 4.90 Å². The van der Waals surface area contributed by atoms with Crippen molar-refractivity contribution in [2.24, 2.45) is 11.3 Å². The maximum absolute atomic E-state index is 5.49. The third-order valence-electron chi connectivity index (χ3n) is 5.65. The number of rotatable bonds is 1. The summed E-state index contributed by atoms with van der Waals surface area (Å²) in [7, 11) is 0. The van der Waals surface area contributed by atoms with E-state index in [-0.39, 0.29) is 12.4 Å². The average molecular weight is 246 g/mol. The number of morpholine rings is 1. The van der Waals surface area contributed by atoms with Crippen LogP contribution in [0.4, 0.5) is 0 Å². The van der Waals surface area contributed by atoms with Crippen molar-refractivity contribution < 1.29 is 4.74 Å². The van der Waals surface area contributed by atoms with Crippen molar-refractivity contribution >= 4 is 12.4 Å². The summed E-state index contributed by atoms with van der Waals surface area (Å²) in [5.41, 5.74) is 1.08. The minimum Gasteiger partial charge on any atom is -0.379 e. The second kappa shape index (κ2) is 4.15. The fraction of sp³-hybridized carbons (Fsp3) is 1.00. The molecule has 94 valence electrons. The molecule has 0 N–H and O–H groups in total. The second-order valence-corrected chi connectivity index (χ2v) is 6.13. The standard InChI is InChI=1S/C13H23NO.ClH/c1-12(2)11-3-5-13(12,6-4-11)14-7-9-15-10-8-14;/h11H,3-10H2,1-2H3;1H. The van der Waals surface area contributed by atoms with Crippen molar-refractivity contribution in [1.29, 1.82) is 0 Å². The molecule has 3 aliphatic rings. The second-order valence-electron chi connectivity index (χ2n) is 6.13. The number of ether oxygens (including phenoxy) is 1. The maximum Gasteiger partial charge on any atom is 0.0594 e. The monoisotopic (exact) mass is 245 g/mol. The molecular formula is C13H24ClNO. The van der Waals surface area contributed by atoms with Crippen LogP contribution in [-0.4, -0.2) is 36.7 Å². The lowest BCUT2D eigenvalue weighted by atomic mass is 9.75. The van der Waals surface area contributed by atoms with Gasteiger partial charge in [-0.15, -0.1) is 12.4 Å². The fourth-order valence-electron chi connectivity index (χ4n) is 4.56. The molecule has 1 saturated heterocycles. The van der Waals surface area contributed by atoms with Crippen molar-refractivity contribution in [2.75, 3.05) is 26.3 Å². The molecule has 3 fully saturated rings. The molecule has 0 aromatic rings. The van der Waals surface area contributed by atoms with Crippen molar-refractivity contribution in [1.82, 2.24) is 4.90 Å². The van der Waals surface area contributed by atoms with Crippen molar-refractivity contribution in [3.8, 4) is 0 Å². The number of nitrogens with zero attached hydrogens (tertiary/aromatic N) is 1. The molecule has 1 aliphatic heterocycles. The molecule has 0 atom stereocenters. The number of fused-ring (bicyclic) bond motifs is 2. The number of hydrogen-bond acceptors (Lipinski definition) is 2. The van der Waals surface area contributed by atoms with Gasteiger partial charge in [0, 0.05) is 18.6 Å². The van der Waals surface area contributed by atoms with Crippen LogP contribution in [-0.2, 0) is 4.74 Å². The first-order chi connectivity index (χ1) is 7.17. The molecule has 2 nitrogen and oxygen atoms in total. The molecule has 2 saturated carbocycles. The third-order valence-corrected chi connectivity index (χ3v) is 5.65. The van der Waals surface area contributed by atoms with E-state index >= 15 is 0 Å². The lowest BCUT2D eigenvalue weighted by Crippen LogP contribution is -2.57. The van der Waals surface area contributed by atoms with E-state index in [0.717, 1.165) is 32.2 Å². The Morgan fingerprint density at radius 1 is 1.06 bits per heavy atom. The fourth-order valence-corrected chi connectivity index (χ4v) is 4.56. The van der Waals surface area contributed by atoms with Crippen molar-refractivity contribution in [2.45, 2.75) is 45.1 Å². The van der Waals surface area contributed by atoms with Gasteiger partial charge >= 0.3 is 0 Å². The molecule has 2 bridgehead atoms. The number of hydrogen-bond donors (Lipinski definition) is 0. The molecule has 2 aliphatic carbocycles. The highest BCUT2D eigenvalue weighted by molar-refractivity contribution is 5.85. The minimum atomic E-state index is 0. The Labute approximate surface area is 105 Å². The van der Waals surface area contributed by atoms with Gasteiger partial charge in [-0.05, 0) is 37.0 Å². The smallest absolute Gasteiger partial charge is 0.0594 e. The highest BCUT2D eigenvalue weighted by atomic mass is 35.5. The highest BCUT2D eigenvalue weighted by Crippen LogP contribution is 2.62. The third kappa shape index (κ3) is 1.46. The topological polar surface area (TPSA) is 12.5 Å². The zero-order valence-electron chi connectivity index (χ0n) is 10.5. The van der Waals surface area contributed by atoms with Crippen LogP contribution in [0.5, 0.6) is 0 Å². The lowest BCUT2D eigenvalue weighted by molar-refractivity contribution is -0.0533. The van der Waals surface area contributed by atoms with Gasteiger partial charge in [0.25, 0.3) is 0 Å². The molecule has 0 aromatic heterocycles. The molecule has 0 amide bonds. The summed E-state index contributed by atoms with van der Waals surface area (Å²) in [6, 6.07) is 0. The van der Waals surface area contributed by atoms with Gasteiger partial charge in [-0.2, -0.15) is 0 Å². The van der Waals surface area contributed by atoms with E-state index in [1.807, 2.05) is 0 Å². The predicted molar refractivity (Wildman–Crippen MR) is 68.1 cm³/mol. The minimum absolute atomic E-state index is 0. The van der Waals surface area contributed by atoms with Crippen LogP contribution in [0, 0.1) is 11.3 Å². The summed E-state index contributed by atoms with van der Waals surface area (Å²) < 4.78 is 5.49. The molecular weight excluding hydrogens is 222 g/mol. The summed E-state index contributed by atoms with van der Waals surface area (Å²) >= 11 is 0. The molecule has 3 rings (SSSR count). The van der Waals surface area contributed by atoms with Crippen LogP contribution in [0.2, 0.25) is 0 Å². The lowest BCUT2D eigenvalue weighted by Gasteiger charge is -2.49. The summed E-state index contributed by atoms with van der Waals surface area (Å²) in [4.78, 5) is 2.75. The van der Waals surface area contributed by atoms with Crippen LogP contribution in [0.25, 0.3) is 0 Å². The van der Waals surface area contributed by atoms with Crippen LogP contribution in [0.15, 0.2) is 0 Å². The first kappa shape index (κ1) is 12.7. The Morgan fingerprint density at radius 3 is 2.06 bits per heavy atom. The Bertz CT molecular complexity index is 253. The SMILES string of the molecule is CC1(C)C2CCC1(N1CCOCC1)CC2.Cl. The Hall–Kier alpha value is 0.210. The molecule has 0 spiro atoms. The van der Waals surface area contributed by atoms with E-state index in [2.05, 4.69) is 18.7 Å². The van der Waals surface area contributed by atoms with E-state index in [1.165, 1.54) is 25.7 Å². The van der Waals surface area contributed by atoms with Gasteiger partial charge in [0.05, 0.1) is 13.2 Å².